The van der Waals surface area contributed by atoms with Gasteiger partial charge in [0.25, 0.3) is 0 Å². The topological polar surface area (TPSA) is 53.5 Å². The number of aromatic nitrogens is 1. The van der Waals surface area contributed by atoms with Crippen molar-refractivity contribution in [1.82, 2.24) is 9.29 Å². The van der Waals surface area contributed by atoms with Gasteiger partial charge in [-0.25, -0.2) is 13.4 Å². The third-order valence-electron chi connectivity index (χ3n) is 5.32. The molecule has 0 amide bonds. The summed E-state index contributed by atoms with van der Waals surface area (Å²) in [6, 6.07) is 10.9. The molecule has 1 aromatic carbocycles. The summed E-state index contributed by atoms with van der Waals surface area (Å²) in [6.07, 6.45) is 4.53. The molecule has 27 heavy (non-hydrogen) atoms. The summed E-state index contributed by atoms with van der Waals surface area (Å²) in [5.41, 5.74) is 2.07. The third-order valence-corrected chi connectivity index (χ3v) is 7.24. The lowest BCUT2D eigenvalue weighted by Crippen LogP contribution is -2.39. The van der Waals surface area contributed by atoms with Crippen LogP contribution in [0.15, 0.2) is 47.5 Å². The van der Waals surface area contributed by atoms with Crippen LogP contribution in [0.1, 0.15) is 50.3 Å². The van der Waals surface area contributed by atoms with E-state index < -0.39 is 10.0 Å². The van der Waals surface area contributed by atoms with Crippen molar-refractivity contribution in [3.8, 4) is 0 Å². The number of benzene rings is 1. The van der Waals surface area contributed by atoms with Crippen LogP contribution in [0.4, 0.5) is 5.82 Å². The van der Waals surface area contributed by atoms with Crippen molar-refractivity contribution >= 4 is 15.8 Å². The molecule has 0 spiro atoms. The second-order valence-electron chi connectivity index (χ2n) is 7.03. The lowest BCUT2D eigenvalue weighted by atomic mass is 9.97. The lowest BCUT2D eigenvalue weighted by Gasteiger charge is -2.37. The van der Waals surface area contributed by atoms with Gasteiger partial charge in [-0.15, -0.1) is 0 Å². The average Bonchev–Trinajstić information content (AvgIpc) is 2.70. The summed E-state index contributed by atoms with van der Waals surface area (Å²) >= 11 is 0. The van der Waals surface area contributed by atoms with E-state index in [0.717, 1.165) is 49.3 Å². The monoisotopic (exact) mass is 387 g/mol. The molecule has 2 aromatic rings. The lowest BCUT2D eigenvalue weighted by molar-refractivity contribution is 0.256. The average molecular weight is 388 g/mol. The maximum Gasteiger partial charge on any atom is 0.243 e. The van der Waals surface area contributed by atoms with Gasteiger partial charge in [0.1, 0.15) is 5.82 Å². The van der Waals surface area contributed by atoms with Crippen LogP contribution in [0, 0.1) is 6.92 Å². The Kier molecular flexibility index (Phi) is 6.17. The maximum atomic E-state index is 13.4. The second-order valence-corrected chi connectivity index (χ2v) is 8.92. The number of piperidine rings is 1. The van der Waals surface area contributed by atoms with Crippen LogP contribution < -0.4 is 4.90 Å². The van der Waals surface area contributed by atoms with Gasteiger partial charge in [-0.2, -0.15) is 4.31 Å². The molecule has 6 heteroatoms. The Morgan fingerprint density at radius 2 is 1.81 bits per heavy atom. The zero-order valence-electron chi connectivity index (χ0n) is 16.4. The van der Waals surface area contributed by atoms with Crippen LogP contribution in [-0.2, 0) is 10.0 Å². The van der Waals surface area contributed by atoms with Gasteiger partial charge in [0.2, 0.25) is 10.0 Å². The predicted octanol–water partition coefficient (Wildman–Crippen LogP) is 4.15. The van der Waals surface area contributed by atoms with Crippen molar-refractivity contribution < 1.29 is 8.42 Å². The molecular formula is C21H29N3O2S. The highest BCUT2D eigenvalue weighted by molar-refractivity contribution is 7.89. The molecule has 0 radical (unpaired) electrons. The fourth-order valence-corrected chi connectivity index (χ4v) is 5.48. The van der Waals surface area contributed by atoms with E-state index in [4.69, 9.17) is 0 Å². The van der Waals surface area contributed by atoms with E-state index in [9.17, 15) is 8.42 Å². The Morgan fingerprint density at radius 1 is 1.11 bits per heavy atom. The predicted molar refractivity (Wildman–Crippen MR) is 109 cm³/mol. The number of hydrogen-bond donors (Lipinski definition) is 0. The Labute approximate surface area is 163 Å². The van der Waals surface area contributed by atoms with E-state index in [2.05, 4.69) is 23.7 Å². The summed E-state index contributed by atoms with van der Waals surface area (Å²) < 4.78 is 28.5. The summed E-state index contributed by atoms with van der Waals surface area (Å²) in [5.74, 6) is 0.901. The van der Waals surface area contributed by atoms with E-state index in [1.54, 1.807) is 22.6 Å². The van der Waals surface area contributed by atoms with Crippen LogP contribution in [0.2, 0.25) is 0 Å². The van der Waals surface area contributed by atoms with Crippen LogP contribution in [-0.4, -0.2) is 37.3 Å². The van der Waals surface area contributed by atoms with Gasteiger partial charge in [-0.3, -0.25) is 0 Å². The van der Waals surface area contributed by atoms with E-state index >= 15 is 0 Å². The smallest absolute Gasteiger partial charge is 0.243 e. The number of rotatable bonds is 6. The first-order valence-electron chi connectivity index (χ1n) is 9.77. The van der Waals surface area contributed by atoms with Gasteiger partial charge in [-0.1, -0.05) is 30.2 Å². The van der Waals surface area contributed by atoms with Gasteiger partial charge in [-0.05, 0) is 51.8 Å². The number of aryl methyl sites for hydroxylation is 1. The highest BCUT2D eigenvalue weighted by Gasteiger charge is 2.36. The van der Waals surface area contributed by atoms with Crippen LogP contribution in [0.5, 0.6) is 0 Å². The Morgan fingerprint density at radius 3 is 2.48 bits per heavy atom. The molecule has 3 rings (SSSR count). The maximum absolute atomic E-state index is 13.4. The molecule has 1 saturated heterocycles. The van der Waals surface area contributed by atoms with Crippen molar-refractivity contribution in [1.29, 1.82) is 0 Å². The largest absolute Gasteiger partial charge is 0.357 e. The molecule has 1 aliphatic heterocycles. The molecule has 1 atom stereocenters. The quantitative estimate of drug-likeness (QED) is 0.747. The van der Waals surface area contributed by atoms with Crippen LogP contribution in [0.3, 0.4) is 0 Å². The molecule has 1 fully saturated rings. The molecule has 146 valence electrons. The molecule has 0 N–H and O–H groups in total. The number of pyridine rings is 1. The summed E-state index contributed by atoms with van der Waals surface area (Å²) in [6.45, 7) is 8.41. The molecule has 0 aliphatic carbocycles. The van der Waals surface area contributed by atoms with Crippen LogP contribution in [0.25, 0.3) is 0 Å². The number of sulfonamides is 1. The van der Waals surface area contributed by atoms with Crippen molar-refractivity contribution in [3.63, 3.8) is 0 Å². The Hall–Kier alpha value is -1.92. The minimum absolute atomic E-state index is 0.172. The normalized spacial score (nSPS) is 18.4. The summed E-state index contributed by atoms with van der Waals surface area (Å²) in [4.78, 5) is 7.17. The molecule has 5 nitrogen and oxygen atoms in total. The highest BCUT2D eigenvalue weighted by Crippen LogP contribution is 2.38. The number of hydrogen-bond acceptors (Lipinski definition) is 4. The molecule has 0 saturated carbocycles. The minimum atomic E-state index is -3.54. The van der Waals surface area contributed by atoms with E-state index in [-0.39, 0.29) is 6.04 Å². The Bertz CT molecular complexity index is 861. The highest BCUT2D eigenvalue weighted by atomic mass is 32.2. The van der Waals surface area contributed by atoms with Gasteiger partial charge in [0.05, 0.1) is 10.9 Å². The first kappa shape index (κ1) is 19.8. The first-order chi connectivity index (χ1) is 13.0. The van der Waals surface area contributed by atoms with E-state index in [1.807, 2.05) is 31.2 Å². The van der Waals surface area contributed by atoms with Gasteiger partial charge < -0.3 is 4.90 Å². The Balaban J connectivity index is 2.03. The third kappa shape index (κ3) is 4.01. The fourth-order valence-electron chi connectivity index (χ4n) is 3.81. The second kappa shape index (κ2) is 8.40. The van der Waals surface area contributed by atoms with Gasteiger partial charge in [0.15, 0.2) is 0 Å². The van der Waals surface area contributed by atoms with E-state index in [0.29, 0.717) is 11.4 Å². The van der Waals surface area contributed by atoms with Crippen molar-refractivity contribution in [2.24, 2.45) is 0 Å². The first-order valence-corrected chi connectivity index (χ1v) is 11.2. The standard InChI is InChI=1S/C21H29N3O2S/c1-4-23(5-2)21-19(9-8-15-22-21)20-10-6-7-16-24(20)27(25,26)18-13-11-17(3)12-14-18/h8-9,11-15,20H,4-7,10,16H2,1-3H3/t20-/m1/s1. The molecule has 1 aromatic heterocycles. The minimum Gasteiger partial charge on any atom is -0.357 e. The zero-order valence-corrected chi connectivity index (χ0v) is 17.2. The number of anilines is 1. The molecule has 0 bridgehead atoms. The summed E-state index contributed by atoms with van der Waals surface area (Å²) in [7, 11) is -3.54. The fraction of sp³-hybridized carbons (Fsp3) is 0.476. The van der Waals surface area contributed by atoms with E-state index in [1.165, 1.54) is 0 Å². The molecular weight excluding hydrogens is 358 g/mol. The van der Waals surface area contributed by atoms with Gasteiger partial charge >= 0.3 is 0 Å². The van der Waals surface area contributed by atoms with Crippen molar-refractivity contribution in [3.05, 3.63) is 53.7 Å². The number of nitrogens with zero attached hydrogens (tertiary/aromatic N) is 3. The molecule has 2 heterocycles. The molecule has 0 unspecified atom stereocenters. The zero-order chi connectivity index (χ0) is 19.4. The van der Waals surface area contributed by atoms with Crippen LogP contribution >= 0.6 is 0 Å². The summed E-state index contributed by atoms with van der Waals surface area (Å²) in [5, 5.41) is 0. The van der Waals surface area contributed by atoms with Crippen molar-refractivity contribution in [2.45, 2.75) is 51.0 Å². The van der Waals surface area contributed by atoms with Crippen molar-refractivity contribution in [2.75, 3.05) is 24.5 Å². The SMILES string of the molecule is CCN(CC)c1ncccc1[C@H]1CCCCN1S(=O)(=O)c1ccc(C)cc1. The molecule has 1 aliphatic rings. The van der Waals surface area contributed by atoms with Gasteiger partial charge in [0, 0.05) is 31.4 Å².